The Morgan fingerprint density at radius 3 is 2.55 bits per heavy atom. The predicted molar refractivity (Wildman–Crippen MR) is 115 cm³/mol. The molecular formula is C19H17BrClN3O4S. The van der Waals surface area contributed by atoms with Crippen LogP contribution in [0.25, 0.3) is 11.3 Å². The zero-order valence-electron chi connectivity index (χ0n) is 15.3. The summed E-state index contributed by atoms with van der Waals surface area (Å²) >= 11 is 9.15. The van der Waals surface area contributed by atoms with Gasteiger partial charge in [-0.2, -0.15) is 5.10 Å². The minimum absolute atomic E-state index is 0.00426. The van der Waals surface area contributed by atoms with Crippen LogP contribution in [0.5, 0.6) is 5.75 Å². The number of aromatic nitrogens is 2. The molecule has 0 aliphatic rings. The molecule has 0 aliphatic heterocycles. The molecule has 3 aromatic rings. The smallest absolute Gasteiger partial charge is 0.266 e. The Bertz CT molecular complexity index is 1180. The summed E-state index contributed by atoms with van der Waals surface area (Å²) in [5.41, 5.74) is 1.04. The van der Waals surface area contributed by atoms with E-state index in [9.17, 15) is 13.2 Å². The van der Waals surface area contributed by atoms with Gasteiger partial charge in [-0.25, -0.2) is 17.8 Å². The molecule has 0 saturated heterocycles. The van der Waals surface area contributed by atoms with Gasteiger partial charge in [0.05, 0.1) is 19.3 Å². The molecule has 0 saturated carbocycles. The summed E-state index contributed by atoms with van der Waals surface area (Å²) < 4.78 is 34.7. The first-order valence-electron chi connectivity index (χ1n) is 8.47. The van der Waals surface area contributed by atoms with Crippen molar-refractivity contribution in [2.24, 2.45) is 0 Å². The zero-order chi connectivity index (χ0) is 21.0. The number of benzene rings is 2. The lowest BCUT2D eigenvalue weighted by Crippen LogP contribution is -2.32. The second kappa shape index (κ2) is 9.08. The van der Waals surface area contributed by atoms with E-state index in [1.165, 1.54) is 23.9 Å². The first kappa shape index (κ1) is 21.5. The quantitative estimate of drug-likeness (QED) is 0.540. The molecule has 0 spiro atoms. The molecule has 29 heavy (non-hydrogen) atoms. The molecule has 0 unspecified atom stereocenters. The molecule has 0 bridgehead atoms. The van der Waals surface area contributed by atoms with Crippen LogP contribution in [-0.4, -0.2) is 31.9 Å². The number of ether oxygens (including phenoxy) is 1. The normalized spacial score (nSPS) is 11.4. The fraction of sp³-hybridized carbons (Fsp3) is 0.158. The Morgan fingerprint density at radius 2 is 1.86 bits per heavy atom. The topological polar surface area (TPSA) is 90.3 Å². The Balaban J connectivity index is 1.76. The van der Waals surface area contributed by atoms with Gasteiger partial charge in [0.15, 0.2) is 0 Å². The maximum absolute atomic E-state index is 12.6. The summed E-state index contributed by atoms with van der Waals surface area (Å²) in [7, 11) is -2.44. The molecule has 0 aliphatic carbocycles. The second-order valence-corrected chi connectivity index (χ2v) is 9.07. The fourth-order valence-corrected chi connectivity index (χ4v) is 4.46. The highest BCUT2D eigenvalue weighted by Gasteiger charge is 2.19. The van der Waals surface area contributed by atoms with Crippen LogP contribution in [-0.2, 0) is 16.6 Å². The highest BCUT2D eigenvalue weighted by Crippen LogP contribution is 2.27. The number of rotatable bonds is 7. The summed E-state index contributed by atoms with van der Waals surface area (Å²) in [6.45, 7) is 0.0464. The van der Waals surface area contributed by atoms with E-state index in [2.05, 4.69) is 25.8 Å². The van der Waals surface area contributed by atoms with Gasteiger partial charge in [-0.05, 0) is 36.4 Å². The van der Waals surface area contributed by atoms with Crippen molar-refractivity contribution in [3.8, 4) is 17.0 Å². The van der Waals surface area contributed by atoms with E-state index in [1.54, 1.807) is 42.5 Å². The van der Waals surface area contributed by atoms with Crippen molar-refractivity contribution in [3.63, 3.8) is 0 Å². The minimum atomic E-state index is -3.84. The highest BCUT2D eigenvalue weighted by molar-refractivity contribution is 9.10. The zero-order valence-corrected chi connectivity index (χ0v) is 18.5. The van der Waals surface area contributed by atoms with Crippen molar-refractivity contribution in [3.05, 3.63) is 74.4 Å². The van der Waals surface area contributed by atoms with Gasteiger partial charge in [0, 0.05) is 27.7 Å². The largest absolute Gasteiger partial charge is 0.495 e. The average molecular weight is 499 g/mol. The standard InChI is InChI=1S/C19H17BrClN3O4S/c1-28-17-8-4-14(20)12-18(17)29(26,27)22-10-11-24-19(25)9-7-16(23-24)13-2-5-15(21)6-3-13/h2-9,12,22H,10-11H2,1H3. The fourth-order valence-electron chi connectivity index (χ4n) is 2.61. The molecule has 152 valence electrons. The van der Waals surface area contributed by atoms with Crippen molar-refractivity contribution in [1.29, 1.82) is 0 Å². The molecule has 1 aromatic heterocycles. The number of sulfonamides is 1. The van der Waals surface area contributed by atoms with E-state index < -0.39 is 10.0 Å². The van der Waals surface area contributed by atoms with Gasteiger partial charge in [0.25, 0.3) is 5.56 Å². The van der Waals surface area contributed by atoms with Crippen LogP contribution in [0.3, 0.4) is 0 Å². The molecular weight excluding hydrogens is 482 g/mol. The van der Waals surface area contributed by atoms with Gasteiger partial charge in [0.2, 0.25) is 10.0 Å². The first-order valence-corrected chi connectivity index (χ1v) is 11.1. The third kappa shape index (κ3) is 5.24. The Kier molecular flexibility index (Phi) is 6.74. The SMILES string of the molecule is COc1ccc(Br)cc1S(=O)(=O)NCCn1nc(-c2ccc(Cl)cc2)ccc1=O. The van der Waals surface area contributed by atoms with Crippen molar-refractivity contribution in [2.75, 3.05) is 13.7 Å². The van der Waals surface area contributed by atoms with Crippen molar-refractivity contribution in [1.82, 2.24) is 14.5 Å². The van der Waals surface area contributed by atoms with Gasteiger partial charge in [0.1, 0.15) is 10.6 Å². The first-order chi connectivity index (χ1) is 13.8. The van der Waals surface area contributed by atoms with Crippen LogP contribution in [0.4, 0.5) is 0 Å². The second-order valence-electron chi connectivity index (χ2n) is 5.98. The molecule has 1 heterocycles. The van der Waals surface area contributed by atoms with E-state index >= 15 is 0 Å². The van der Waals surface area contributed by atoms with Crippen LogP contribution < -0.4 is 15.0 Å². The lowest BCUT2D eigenvalue weighted by atomic mass is 10.1. The molecule has 0 amide bonds. The van der Waals surface area contributed by atoms with E-state index in [0.29, 0.717) is 15.2 Å². The number of halogens is 2. The molecule has 0 atom stereocenters. The molecule has 0 radical (unpaired) electrons. The third-order valence-electron chi connectivity index (χ3n) is 4.04. The molecule has 3 rings (SSSR count). The van der Waals surface area contributed by atoms with Crippen LogP contribution in [0.15, 0.2) is 68.8 Å². The number of hydrogen-bond acceptors (Lipinski definition) is 5. The summed E-state index contributed by atoms with van der Waals surface area (Å²) in [5.74, 6) is 0.223. The lowest BCUT2D eigenvalue weighted by molar-refractivity contribution is 0.402. The third-order valence-corrected chi connectivity index (χ3v) is 6.26. The van der Waals surface area contributed by atoms with Crippen LogP contribution in [0, 0.1) is 0 Å². The number of methoxy groups -OCH3 is 1. The summed E-state index contributed by atoms with van der Waals surface area (Å²) in [6, 6.07) is 14.7. The molecule has 0 fully saturated rings. The molecule has 10 heteroatoms. The molecule has 7 nitrogen and oxygen atoms in total. The Labute approximate surface area is 181 Å². The van der Waals surface area contributed by atoms with Crippen LogP contribution in [0.1, 0.15) is 0 Å². The predicted octanol–water partition coefficient (Wildman–Crippen LogP) is 3.31. The van der Waals surface area contributed by atoms with E-state index in [1.807, 2.05) is 0 Å². The van der Waals surface area contributed by atoms with E-state index in [0.717, 1.165) is 5.56 Å². The van der Waals surface area contributed by atoms with E-state index in [4.69, 9.17) is 16.3 Å². The maximum atomic E-state index is 12.6. The molecule has 1 N–H and O–H groups in total. The number of nitrogens with zero attached hydrogens (tertiary/aromatic N) is 2. The number of nitrogens with one attached hydrogen (secondary N) is 1. The van der Waals surface area contributed by atoms with Gasteiger partial charge >= 0.3 is 0 Å². The van der Waals surface area contributed by atoms with Gasteiger partial charge in [-0.1, -0.05) is 39.7 Å². The highest BCUT2D eigenvalue weighted by atomic mass is 79.9. The number of hydrogen-bond donors (Lipinski definition) is 1. The van der Waals surface area contributed by atoms with Crippen molar-refractivity contribution < 1.29 is 13.2 Å². The summed E-state index contributed by atoms with van der Waals surface area (Å²) in [6.07, 6.45) is 0. The van der Waals surface area contributed by atoms with Crippen LogP contribution in [0.2, 0.25) is 5.02 Å². The summed E-state index contributed by atoms with van der Waals surface area (Å²) in [4.78, 5) is 12.1. The Hall–Kier alpha value is -2.20. The van der Waals surface area contributed by atoms with Crippen molar-refractivity contribution in [2.45, 2.75) is 11.4 Å². The van der Waals surface area contributed by atoms with E-state index in [-0.39, 0.29) is 29.3 Å². The lowest BCUT2D eigenvalue weighted by Gasteiger charge is -2.12. The van der Waals surface area contributed by atoms with Gasteiger partial charge < -0.3 is 4.74 Å². The maximum Gasteiger partial charge on any atom is 0.266 e. The Morgan fingerprint density at radius 1 is 1.14 bits per heavy atom. The van der Waals surface area contributed by atoms with Crippen molar-refractivity contribution >= 4 is 37.6 Å². The molecule has 2 aromatic carbocycles. The average Bonchev–Trinajstić information content (AvgIpc) is 2.70. The van der Waals surface area contributed by atoms with Crippen LogP contribution >= 0.6 is 27.5 Å². The minimum Gasteiger partial charge on any atom is -0.495 e. The summed E-state index contributed by atoms with van der Waals surface area (Å²) in [5, 5.41) is 4.90. The van der Waals surface area contributed by atoms with Gasteiger partial charge in [-0.3, -0.25) is 4.79 Å². The van der Waals surface area contributed by atoms with Gasteiger partial charge in [-0.15, -0.1) is 0 Å². The monoisotopic (exact) mass is 497 g/mol.